The number of carbonyl (C=O) groups is 1. The highest BCUT2D eigenvalue weighted by molar-refractivity contribution is 5.96. The lowest BCUT2D eigenvalue weighted by molar-refractivity contribution is 0.0791. The molecule has 0 bridgehead atoms. The number of nitrogens with two attached hydrogens (primary N) is 1. The molecule has 0 fully saturated rings. The van der Waals surface area contributed by atoms with E-state index < -0.39 is 5.82 Å². The Morgan fingerprint density at radius 1 is 1.56 bits per heavy atom. The number of aromatic hydroxyl groups is 1. The van der Waals surface area contributed by atoms with E-state index in [0.29, 0.717) is 19.5 Å². The molecule has 0 atom stereocenters. The molecule has 4 nitrogen and oxygen atoms in total. The van der Waals surface area contributed by atoms with E-state index in [0.717, 1.165) is 12.1 Å². The molecule has 0 saturated carbocycles. The van der Waals surface area contributed by atoms with Crippen LogP contribution in [-0.2, 0) is 0 Å². The van der Waals surface area contributed by atoms with Crippen LogP contribution in [0.25, 0.3) is 0 Å². The molecule has 0 spiro atoms. The van der Waals surface area contributed by atoms with Crippen LogP contribution in [0.4, 0.5) is 4.39 Å². The maximum Gasteiger partial charge on any atom is 0.257 e. The fraction of sp³-hybridized carbons (Fsp3) is 0.364. The normalized spacial score (nSPS) is 10.2. The maximum atomic E-state index is 12.7. The van der Waals surface area contributed by atoms with Crippen LogP contribution in [0, 0.1) is 5.82 Å². The van der Waals surface area contributed by atoms with Crippen LogP contribution in [0.2, 0.25) is 0 Å². The third kappa shape index (κ3) is 2.93. The van der Waals surface area contributed by atoms with Gasteiger partial charge in [-0.1, -0.05) is 0 Å². The van der Waals surface area contributed by atoms with Crippen LogP contribution in [0.15, 0.2) is 18.2 Å². The zero-order valence-electron chi connectivity index (χ0n) is 9.11. The smallest absolute Gasteiger partial charge is 0.257 e. The van der Waals surface area contributed by atoms with Crippen molar-refractivity contribution in [2.75, 3.05) is 20.1 Å². The Morgan fingerprint density at radius 3 is 2.81 bits per heavy atom. The van der Waals surface area contributed by atoms with Crippen molar-refractivity contribution in [2.45, 2.75) is 6.42 Å². The summed E-state index contributed by atoms with van der Waals surface area (Å²) in [7, 11) is 1.61. The van der Waals surface area contributed by atoms with Gasteiger partial charge in [0.2, 0.25) is 0 Å². The molecule has 0 aliphatic carbocycles. The quantitative estimate of drug-likeness (QED) is 0.803. The van der Waals surface area contributed by atoms with E-state index >= 15 is 0 Å². The number of phenolic OH excluding ortho intramolecular Hbond substituents is 1. The molecule has 5 heteroatoms. The number of phenols is 1. The first-order chi connectivity index (χ1) is 7.56. The van der Waals surface area contributed by atoms with Gasteiger partial charge in [0, 0.05) is 19.7 Å². The standard InChI is InChI=1S/C11H15FN2O2/c1-14(6-2-5-13)11(16)9-4-3-8(12)7-10(9)15/h3-4,7,15H,2,5-6,13H2,1H3. The van der Waals surface area contributed by atoms with Crippen LogP contribution in [0.5, 0.6) is 5.75 Å². The number of rotatable bonds is 4. The molecule has 16 heavy (non-hydrogen) atoms. The fourth-order valence-corrected chi connectivity index (χ4v) is 1.32. The molecule has 1 aromatic rings. The van der Waals surface area contributed by atoms with E-state index in [9.17, 15) is 14.3 Å². The van der Waals surface area contributed by atoms with Crippen molar-refractivity contribution in [1.29, 1.82) is 0 Å². The van der Waals surface area contributed by atoms with Crippen molar-refractivity contribution in [1.82, 2.24) is 4.90 Å². The SMILES string of the molecule is CN(CCCN)C(=O)c1ccc(F)cc1O. The Labute approximate surface area is 93.5 Å². The summed E-state index contributed by atoms with van der Waals surface area (Å²) in [6, 6.07) is 3.33. The van der Waals surface area contributed by atoms with Gasteiger partial charge in [-0.15, -0.1) is 0 Å². The van der Waals surface area contributed by atoms with Gasteiger partial charge in [0.1, 0.15) is 11.6 Å². The average Bonchev–Trinajstić information content (AvgIpc) is 2.25. The summed E-state index contributed by atoms with van der Waals surface area (Å²) < 4.78 is 12.7. The van der Waals surface area contributed by atoms with Crippen molar-refractivity contribution < 1.29 is 14.3 Å². The van der Waals surface area contributed by atoms with Crippen molar-refractivity contribution in [3.8, 4) is 5.75 Å². The van der Waals surface area contributed by atoms with E-state index in [-0.39, 0.29) is 17.2 Å². The van der Waals surface area contributed by atoms with Crippen molar-refractivity contribution in [3.63, 3.8) is 0 Å². The van der Waals surface area contributed by atoms with Crippen molar-refractivity contribution in [2.24, 2.45) is 5.73 Å². The predicted octanol–water partition coefficient (Wildman–Crippen LogP) is 0.952. The molecule has 0 aliphatic rings. The molecule has 0 saturated heterocycles. The highest BCUT2D eigenvalue weighted by atomic mass is 19.1. The van der Waals surface area contributed by atoms with Crippen LogP contribution in [-0.4, -0.2) is 36.1 Å². The highest BCUT2D eigenvalue weighted by Gasteiger charge is 2.15. The minimum Gasteiger partial charge on any atom is -0.507 e. The lowest BCUT2D eigenvalue weighted by Crippen LogP contribution is -2.29. The second-order valence-electron chi connectivity index (χ2n) is 3.53. The molecular weight excluding hydrogens is 211 g/mol. The summed E-state index contributed by atoms with van der Waals surface area (Å²) in [5.41, 5.74) is 5.43. The number of amides is 1. The first-order valence-electron chi connectivity index (χ1n) is 5.00. The van der Waals surface area contributed by atoms with Gasteiger partial charge in [-0.2, -0.15) is 0 Å². The number of nitrogens with zero attached hydrogens (tertiary/aromatic N) is 1. The Bertz CT molecular complexity index is 382. The van der Waals surface area contributed by atoms with E-state index in [1.54, 1.807) is 7.05 Å². The summed E-state index contributed by atoms with van der Waals surface area (Å²) in [6.07, 6.45) is 0.685. The zero-order chi connectivity index (χ0) is 12.1. The van der Waals surface area contributed by atoms with Crippen LogP contribution < -0.4 is 5.73 Å². The van der Waals surface area contributed by atoms with Crippen LogP contribution in [0.1, 0.15) is 16.8 Å². The first kappa shape index (κ1) is 12.4. The molecule has 0 aromatic heterocycles. The van der Waals surface area contributed by atoms with Crippen LogP contribution in [0.3, 0.4) is 0 Å². The molecule has 0 aliphatic heterocycles. The molecular formula is C11H15FN2O2. The van der Waals surface area contributed by atoms with Crippen molar-refractivity contribution >= 4 is 5.91 Å². The Morgan fingerprint density at radius 2 is 2.25 bits per heavy atom. The Balaban J connectivity index is 2.79. The van der Waals surface area contributed by atoms with E-state index in [1.165, 1.54) is 11.0 Å². The second kappa shape index (κ2) is 5.46. The zero-order valence-corrected chi connectivity index (χ0v) is 9.11. The molecule has 0 unspecified atom stereocenters. The number of hydrogen-bond donors (Lipinski definition) is 2. The molecule has 1 rings (SSSR count). The van der Waals surface area contributed by atoms with E-state index in [4.69, 9.17) is 5.73 Å². The highest BCUT2D eigenvalue weighted by Crippen LogP contribution is 2.19. The van der Waals surface area contributed by atoms with Crippen LogP contribution >= 0.6 is 0 Å². The van der Waals surface area contributed by atoms with Gasteiger partial charge in [-0.05, 0) is 25.1 Å². The minimum atomic E-state index is -0.571. The van der Waals surface area contributed by atoms with Gasteiger partial charge in [0.05, 0.1) is 5.56 Å². The third-order valence-electron chi connectivity index (χ3n) is 2.23. The Hall–Kier alpha value is -1.62. The molecule has 88 valence electrons. The first-order valence-corrected chi connectivity index (χ1v) is 5.00. The van der Waals surface area contributed by atoms with Gasteiger partial charge in [-0.25, -0.2) is 4.39 Å². The number of carbonyl (C=O) groups excluding carboxylic acids is 1. The summed E-state index contributed by atoms with van der Waals surface area (Å²) in [4.78, 5) is 13.2. The Kier molecular flexibility index (Phi) is 4.25. The van der Waals surface area contributed by atoms with Gasteiger partial charge in [0.15, 0.2) is 0 Å². The predicted molar refractivity (Wildman–Crippen MR) is 58.7 cm³/mol. The molecule has 1 amide bonds. The monoisotopic (exact) mass is 226 g/mol. The van der Waals surface area contributed by atoms with Gasteiger partial charge in [0.25, 0.3) is 5.91 Å². The van der Waals surface area contributed by atoms with Gasteiger partial charge < -0.3 is 15.7 Å². The van der Waals surface area contributed by atoms with Gasteiger partial charge >= 0.3 is 0 Å². The number of halogens is 1. The number of benzene rings is 1. The summed E-state index contributed by atoms with van der Waals surface area (Å²) in [5, 5.41) is 9.42. The van der Waals surface area contributed by atoms with E-state index in [2.05, 4.69) is 0 Å². The molecule has 1 aromatic carbocycles. The fourth-order valence-electron chi connectivity index (χ4n) is 1.32. The summed E-state index contributed by atoms with van der Waals surface area (Å²) >= 11 is 0. The number of hydrogen-bond acceptors (Lipinski definition) is 3. The lowest BCUT2D eigenvalue weighted by atomic mass is 10.1. The largest absolute Gasteiger partial charge is 0.507 e. The van der Waals surface area contributed by atoms with E-state index in [1.807, 2.05) is 0 Å². The maximum absolute atomic E-state index is 12.7. The average molecular weight is 226 g/mol. The summed E-state index contributed by atoms with van der Waals surface area (Å²) in [6.45, 7) is 0.999. The molecule has 0 radical (unpaired) electrons. The van der Waals surface area contributed by atoms with Crippen molar-refractivity contribution in [3.05, 3.63) is 29.6 Å². The lowest BCUT2D eigenvalue weighted by Gasteiger charge is -2.17. The minimum absolute atomic E-state index is 0.0981. The molecule has 0 heterocycles. The third-order valence-corrected chi connectivity index (χ3v) is 2.23. The summed E-state index contributed by atoms with van der Waals surface area (Å²) in [5.74, 6) is -1.26. The molecule has 3 N–H and O–H groups in total. The topological polar surface area (TPSA) is 66.6 Å². The van der Waals surface area contributed by atoms with Gasteiger partial charge in [-0.3, -0.25) is 4.79 Å². The second-order valence-corrected chi connectivity index (χ2v) is 3.53.